The zero-order chi connectivity index (χ0) is 16.5. The number of benzene rings is 1. The Balaban J connectivity index is 1.69. The highest BCUT2D eigenvalue weighted by molar-refractivity contribution is 7.18. The fourth-order valence-electron chi connectivity index (χ4n) is 3.30. The fraction of sp³-hybridized carbons (Fsp3) is 0.368. The van der Waals surface area contributed by atoms with E-state index in [2.05, 4.69) is 59.0 Å². The molecule has 3 aromatic rings. The number of hydrogen-bond acceptors (Lipinski definition) is 5. The number of anilines is 1. The molecule has 1 fully saturated rings. The summed E-state index contributed by atoms with van der Waals surface area (Å²) < 4.78 is 6.18. The summed E-state index contributed by atoms with van der Waals surface area (Å²) in [5.74, 6) is 1.03. The fourth-order valence-corrected chi connectivity index (χ4v) is 4.22. The monoisotopic (exact) mass is 339 g/mol. The Morgan fingerprint density at radius 2 is 2.04 bits per heavy atom. The minimum atomic E-state index is 0.0734. The molecule has 0 saturated carbocycles. The van der Waals surface area contributed by atoms with Gasteiger partial charge in [-0.15, -0.1) is 11.3 Å². The molecule has 2 unspecified atom stereocenters. The molecule has 1 aromatic carbocycles. The zero-order valence-electron chi connectivity index (χ0n) is 14.0. The minimum absolute atomic E-state index is 0.0734. The Hall–Kier alpha value is -1.98. The van der Waals surface area contributed by atoms with Gasteiger partial charge in [0.1, 0.15) is 23.1 Å². The predicted octanol–water partition coefficient (Wildman–Crippen LogP) is 4.22. The number of aromatic nitrogens is 2. The van der Waals surface area contributed by atoms with Crippen molar-refractivity contribution in [3.8, 4) is 0 Å². The highest BCUT2D eigenvalue weighted by Gasteiger charge is 2.28. The number of fused-ring (bicyclic) bond motifs is 1. The van der Waals surface area contributed by atoms with Crippen LogP contribution in [0.15, 0.2) is 42.7 Å². The van der Waals surface area contributed by atoms with Crippen LogP contribution >= 0.6 is 11.3 Å². The Morgan fingerprint density at radius 3 is 2.83 bits per heavy atom. The second-order valence-electron chi connectivity index (χ2n) is 6.23. The maximum atomic E-state index is 6.18. The number of ether oxygens (including phenoxy) is 1. The van der Waals surface area contributed by atoms with Crippen LogP contribution in [0.2, 0.25) is 0 Å². The van der Waals surface area contributed by atoms with Crippen LogP contribution in [-0.2, 0) is 11.2 Å². The quantitative estimate of drug-likeness (QED) is 0.716. The van der Waals surface area contributed by atoms with Crippen LogP contribution in [-0.4, -0.2) is 29.2 Å². The van der Waals surface area contributed by atoms with Crippen molar-refractivity contribution in [2.45, 2.75) is 32.5 Å². The van der Waals surface area contributed by atoms with Gasteiger partial charge in [0.2, 0.25) is 0 Å². The van der Waals surface area contributed by atoms with E-state index >= 15 is 0 Å². The summed E-state index contributed by atoms with van der Waals surface area (Å²) >= 11 is 1.76. The third-order valence-electron chi connectivity index (χ3n) is 4.44. The van der Waals surface area contributed by atoms with E-state index in [9.17, 15) is 0 Å². The highest BCUT2D eigenvalue weighted by atomic mass is 32.1. The molecule has 0 aliphatic carbocycles. The van der Waals surface area contributed by atoms with Gasteiger partial charge in [-0.25, -0.2) is 9.97 Å². The second kappa shape index (κ2) is 6.49. The largest absolute Gasteiger partial charge is 0.367 e. The van der Waals surface area contributed by atoms with E-state index < -0.39 is 0 Å². The van der Waals surface area contributed by atoms with E-state index in [1.54, 1.807) is 17.7 Å². The molecule has 3 heterocycles. The van der Waals surface area contributed by atoms with Gasteiger partial charge in [-0.05, 0) is 25.0 Å². The number of nitrogens with zero attached hydrogens (tertiary/aromatic N) is 3. The van der Waals surface area contributed by atoms with E-state index in [1.807, 2.05) is 6.07 Å². The van der Waals surface area contributed by atoms with Crippen molar-refractivity contribution in [1.29, 1.82) is 0 Å². The smallest absolute Gasteiger partial charge is 0.140 e. The van der Waals surface area contributed by atoms with Crippen LogP contribution in [0.5, 0.6) is 0 Å². The lowest BCUT2D eigenvalue weighted by atomic mass is 10.1. The van der Waals surface area contributed by atoms with Crippen molar-refractivity contribution in [3.63, 3.8) is 0 Å². The van der Waals surface area contributed by atoms with Crippen LogP contribution in [0.25, 0.3) is 10.2 Å². The zero-order valence-corrected chi connectivity index (χ0v) is 14.8. The van der Waals surface area contributed by atoms with E-state index in [0.717, 1.165) is 30.2 Å². The molecule has 0 N–H and O–H groups in total. The summed E-state index contributed by atoms with van der Waals surface area (Å²) in [5, 5.41) is 1.17. The van der Waals surface area contributed by atoms with Crippen LogP contribution < -0.4 is 4.90 Å². The summed E-state index contributed by atoms with van der Waals surface area (Å²) in [6.07, 6.45) is 2.96. The van der Waals surface area contributed by atoms with E-state index in [4.69, 9.17) is 4.74 Å². The molecule has 2 aromatic heterocycles. The second-order valence-corrected chi connectivity index (χ2v) is 7.35. The summed E-state index contributed by atoms with van der Waals surface area (Å²) in [6.45, 7) is 5.98. The van der Waals surface area contributed by atoms with Gasteiger partial charge in [0, 0.05) is 18.0 Å². The first-order valence-electron chi connectivity index (χ1n) is 8.43. The van der Waals surface area contributed by atoms with Gasteiger partial charge >= 0.3 is 0 Å². The van der Waals surface area contributed by atoms with Crippen molar-refractivity contribution >= 4 is 27.4 Å². The molecule has 1 aliphatic rings. The molecule has 4 rings (SSSR count). The predicted molar refractivity (Wildman–Crippen MR) is 98.7 cm³/mol. The molecule has 24 heavy (non-hydrogen) atoms. The molecule has 0 bridgehead atoms. The SMILES string of the molecule is CCc1cc2c(N3CC(C)OC(c4ccccc4)C3)ncnc2s1. The van der Waals surface area contributed by atoms with Gasteiger partial charge in [-0.1, -0.05) is 37.3 Å². The average molecular weight is 339 g/mol. The molecule has 1 saturated heterocycles. The Kier molecular flexibility index (Phi) is 4.21. The maximum Gasteiger partial charge on any atom is 0.140 e. The van der Waals surface area contributed by atoms with Crippen LogP contribution in [0.3, 0.4) is 0 Å². The van der Waals surface area contributed by atoms with Crippen molar-refractivity contribution in [2.75, 3.05) is 18.0 Å². The van der Waals surface area contributed by atoms with Crippen molar-refractivity contribution in [1.82, 2.24) is 9.97 Å². The molecule has 0 spiro atoms. The van der Waals surface area contributed by atoms with Gasteiger partial charge < -0.3 is 9.64 Å². The summed E-state index contributed by atoms with van der Waals surface area (Å²) in [4.78, 5) is 13.8. The van der Waals surface area contributed by atoms with Crippen LogP contribution in [0, 0.1) is 0 Å². The lowest BCUT2D eigenvalue weighted by Crippen LogP contribution is -2.43. The highest BCUT2D eigenvalue weighted by Crippen LogP contribution is 2.34. The van der Waals surface area contributed by atoms with Gasteiger partial charge in [-0.2, -0.15) is 0 Å². The maximum absolute atomic E-state index is 6.18. The van der Waals surface area contributed by atoms with Crippen molar-refractivity contribution < 1.29 is 4.74 Å². The number of morpholine rings is 1. The number of rotatable bonds is 3. The number of aryl methyl sites for hydroxylation is 1. The minimum Gasteiger partial charge on any atom is -0.367 e. The van der Waals surface area contributed by atoms with Crippen LogP contribution in [0.1, 0.15) is 30.4 Å². The molecule has 2 atom stereocenters. The normalized spacial score (nSPS) is 21.3. The summed E-state index contributed by atoms with van der Waals surface area (Å²) in [7, 11) is 0. The third-order valence-corrected chi connectivity index (χ3v) is 5.63. The van der Waals surface area contributed by atoms with Gasteiger partial charge in [-0.3, -0.25) is 0 Å². The lowest BCUT2D eigenvalue weighted by Gasteiger charge is -2.37. The molecular weight excluding hydrogens is 318 g/mol. The Bertz CT molecular complexity index is 833. The molecule has 4 nitrogen and oxygen atoms in total. The van der Waals surface area contributed by atoms with E-state index in [1.165, 1.54) is 15.8 Å². The van der Waals surface area contributed by atoms with Crippen molar-refractivity contribution in [3.05, 3.63) is 53.2 Å². The Morgan fingerprint density at radius 1 is 1.21 bits per heavy atom. The molecule has 1 aliphatic heterocycles. The first kappa shape index (κ1) is 15.5. The molecule has 5 heteroatoms. The Labute approximate surface area is 146 Å². The summed E-state index contributed by atoms with van der Waals surface area (Å²) in [6, 6.07) is 12.7. The number of hydrogen-bond donors (Lipinski definition) is 0. The van der Waals surface area contributed by atoms with E-state index in [0.29, 0.717) is 0 Å². The standard InChI is InChI=1S/C19H21N3OS/c1-3-15-9-16-18(20-12-21-19(16)24-15)22-10-13(2)23-17(11-22)14-7-5-4-6-8-14/h4-9,12-13,17H,3,10-11H2,1-2H3. The van der Waals surface area contributed by atoms with Crippen molar-refractivity contribution in [2.24, 2.45) is 0 Å². The first-order valence-corrected chi connectivity index (χ1v) is 9.25. The van der Waals surface area contributed by atoms with Gasteiger partial charge in [0.25, 0.3) is 0 Å². The lowest BCUT2D eigenvalue weighted by molar-refractivity contribution is -0.0175. The molecular formula is C19H21N3OS. The first-order chi connectivity index (χ1) is 11.7. The summed E-state index contributed by atoms with van der Waals surface area (Å²) in [5.41, 5.74) is 1.22. The van der Waals surface area contributed by atoms with E-state index in [-0.39, 0.29) is 12.2 Å². The topological polar surface area (TPSA) is 38.2 Å². The third kappa shape index (κ3) is 2.89. The molecule has 0 amide bonds. The van der Waals surface area contributed by atoms with Gasteiger partial charge in [0.15, 0.2) is 0 Å². The molecule has 0 radical (unpaired) electrons. The van der Waals surface area contributed by atoms with Crippen LogP contribution in [0.4, 0.5) is 5.82 Å². The average Bonchev–Trinajstić information content (AvgIpc) is 3.05. The number of thiophene rings is 1. The molecule has 124 valence electrons. The van der Waals surface area contributed by atoms with Gasteiger partial charge in [0.05, 0.1) is 11.5 Å².